The fraction of sp³-hybridized carbons (Fsp3) is 0.400. The largest absolute Gasteiger partial charge is 0.468 e. The fourth-order valence-electron chi connectivity index (χ4n) is 1.13. The molecule has 0 radical (unpaired) electrons. The normalized spacial score (nSPS) is 9.50. The monoisotopic (exact) mass is 192 g/mol. The molecular weight excluding hydrogens is 180 g/mol. The molecule has 0 aliphatic heterocycles. The molecule has 0 aromatic carbocycles. The Morgan fingerprint density at radius 3 is 3.00 bits per heavy atom. The molecule has 0 fully saturated rings. The summed E-state index contributed by atoms with van der Waals surface area (Å²) >= 11 is 0. The summed E-state index contributed by atoms with van der Waals surface area (Å²) in [4.78, 5) is 15.6. The van der Waals surface area contributed by atoms with E-state index in [0.29, 0.717) is 24.7 Å². The Morgan fingerprint density at radius 1 is 1.71 bits per heavy atom. The van der Waals surface area contributed by atoms with Crippen LogP contribution in [0.4, 0.5) is 0 Å². The molecule has 0 unspecified atom stereocenters. The summed E-state index contributed by atoms with van der Waals surface area (Å²) in [5.41, 5.74) is 0.508. The van der Waals surface area contributed by atoms with Gasteiger partial charge in [0, 0.05) is 24.7 Å². The van der Waals surface area contributed by atoms with Gasteiger partial charge in [0.1, 0.15) is 0 Å². The van der Waals surface area contributed by atoms with Crippen molar-refractivity contribution in [1.82, 2.24) is 9.55 Å². The molecule has 74 valence electrons. The van der Waals surface area contributed by atoms with E-state index < -0.39 is 0 Å². The Bertz CT molecular complexity index is 415. The highest BCUT2D eigenvalue weighted by Crippen LogP contribution is 2.04. The molecule has 1 aromatic rings. The van der Waals surface area contributed by atoms with Crippen LogP contribution in [-0.2, 0) is 6.54 Å². The molecule has 0 saturated carbocycles. The van der Waals surface area contributed by atoms with E-state index in [-0.39, 0.29) is 5.56 Å². The molecule has 0 bridgehead atoms. The van der Waals surface area contributed by atoms with Gasteiger partial charge in [-0.2, -0.15) is 0 Å². The standard InChI is InChI=1S/C10H12N2O2/c1-4-5-6-12-9(13)7-8(2)11-10(12)14-3/h1,7H,5-6H2,2-3H3. The highest BCUT2D eigenvalue weighted by molar-refractivity contribution is 5.07. The quantitative estimate of drug-likeness (QED) is 0.658. The SMILES string of the molecule is C#CCCn1c(OC)nc(C)cc1=O. The van der Waals surface area contributed by atoms with Gasteiger partial charge in [-0.3, -0.25) is 9.36 Å². The van der Waals surface area contributed by atoms with Crippen LogP contribution in [0, 0.1) is 19.3 Å². The Hall–Kier alpha value is -1.76. The Morgan fingerprint density at radius 2 is 2.43 bits per heavy atom. The maximum Gasteiger partial charge on any atom is 0.299 e. The first-order chi connectivity index (χ1) is 6.69. The van der Waals surface area contributed by atoms with E-state index in [1.54, 1.807) is 6.92 Å². The lowest BCUT2D eigenvalue weighted by molar-refractivity contribution is 0.345. The summed E-state index contributed by atoms with van der Waals surface area (Å²) < 4.78 is 6.41. The summed E-state index contributed by atoms with van der Waals surface area (Å²) in [5.74, 6) is 2.47. The van der Waals surface area contributed by atoms with Crippen LogP contribution in [-0.4, -0.2) is 16.7 Å². The first kappa shape index (κ1) is 10.3. The molecule has 1 rings (SSSR count). The molecule has 0 spiro atoms. The topological polar surface area (TPSA) is 44.1 Å². The third-order valence-electron chi connectivity index (χ3n) is 1.76. The van der Waals surface area contributed by atoms with Crippen molar-refractivity contribution in [2.45, 2.75) is 19.9 Å². The van der Waals surface area contributed by atoms with Crippen molar-refractivity contribution in [1.29, 1.82) is 0 Å². The number of aromatic nitrogens is 2. The molecule has 1 aromatic heterocycles. The van der Waals surface area contributed by atoms with Gasteiger partial charge in [-0.1, -0.05) is 0 Å². The third-order valence-corrected chi connectivity index (χ3v) is 1.76. The molecule has 1 heterocycles. The van der Waals surface area contributed by atoms with Crippen molar-refractivity contribution in [2.75, 3.05) is 7.11 Å². The maximum absolute atomic E-state index is 11.5. The van der Waals surface area contributed by atoms with Crippen LogP contribution in [0.2, 0.25) is 0 Å². The lowest BCUT2D eigenvalue weighted by atomic mass is 10.4. The lowest BCUT2D eigenvalue weighted by Crippen LogP contribution is -2.22. The van der Waals surface area contributed by atoms with Crippen LogP contribution in [0.25, 0.3) is 0 Å². The van der Waals surface area contributed by atoms with Gasteiger partial charge in [-0.25, -0.2) is 4.98 Å². The van der Waals surface area contributed by atoms with Crippen LogP contribution in [0.1, 0.15) is 12.1 Å². The second-order valence-electron chi connectivity index (χ2n) is 2.83. The molecule has 0 aliphatic carbocycles. The molecule has 14 heavy (non-hydrogen) atoms. The first-order valence-corrected chi connectivity index (χ1v) is 4.25. The molecule has 0 atom stereocenters. The number of aryl methyl sites for hydroxylation is 1. The number of hydrogen-bond acceptors (Lipinski definition) is 3. The minimum atomic E-state index is -0.135. The van der Waals surface area contributed by atoms with Crippen molar-refractivity contribution in [3.05, 3.63) is 22.1 Å². The summed E-state index contributed by atoms with van der Waals surface area (Å²) in [6, 6.07) is 1.77. The average molecular weight is 192 g/mol. The second kappa shape index (κ2) is 4.47. The zero-order valence-corrected chi connectivity index (χ0v) is 8.28. The van der Waals surface area contributed by atoms with Crippen LogP contribution in [0.5, 0.6) is 6.01 Å². The van der Waals surface area contributed by atoms with Crippen LogP contribution >= 0.6 is 0 Å². The first-order valence-electron chi connectivity index (χ1n) is 4.25. The fourth-order valence-corrected chi connectivity index (χ4v) is 1.13. The van der Waals surface area contributed by atoms with Crippen LogP contribution in [0.15, 0.2) is 10.9 Å². The Balaban J connectivity index is 3.13. The van der Waals surface area contributed by atoms with Gasteiger partial charge in [0.2, 0.25) is 0 Å². The smallest absolute Gasteiger partial charge is 0.299 e. The summed E-state index contributed by atoms with van der Waals surface area (Å²) in [6.07, 6.45) is 5.61. The van der Waals surface area contributed by atoms with Gasteiger partial charge in [0.15, 0.2) is 0 Å². The molecule has 0 aliphatic rings. The zero-order valence-electron chi connectivity index (χ0n) is 8.28. The molecule has 4 heteroatoms. The number of hydrogen-bond donors (Lipinski definition) is 0. The number of terminal acetylenes is 1. The van der Waals surface area contributed by atoms with Crippen molar-refractivity contribution in [3.63, 3.8) is 0 Å². The number of nitrogens with zero attached hydrogens (tertiary/aromatic N) is 2. The average Bonchev–Trinajstić information content (AvgIpc) is 2.15. The molecule has 4 nitrogen and oxygen atoms in total. The summed E-state index contributed by atoms with van der Waals surface area (Å²) in [7, 11) is 1.48. The van der Waals surface area contributed by atoms with E-state index in [0.717, 1.165) is 0 Å². The highest BCUT2D eigenvalue weighted by Gasteiger charge is 2.05. The van der Waals surface area contributed by atoms with E-state index in [4.69, 9.17) is 11.2 Å². The Kier molecular flexibility index (Phi) is 3.29. The van der Waals surface area contributed by atoms with Crippen molar-refractivity contribution in [2.24, 2.45) is 0 Å². The number of ether oxygens (including phenoxy) is 1. The van der Waals surface area contributed by atoms with Crippen molar-refractivity contribution in [3.8, 4) is 18.4 Å². The van der Waals surface area contributed by atoms with Gasteiger partial charge in [-0.05, 0) is 6.92 Å². The van der Waals surface area contributed by atoms with E-state index in [2.05, 4.69) is 10.9 Å². The van der Waals surface area contributed by atoms with Crippen LogP contribution in [0.3, 0.4) is 0 Å². The van der Waals surface area contributed by atoms with Crippen LogP contribution < -0.4 is 10.3 Å². The van der Waals surface area contributed by atoms with Gasteiger partial charge < -0.3 is 4.74 Å². The highest BCUT2D eigenvalue weighted by atomic mass is 16.5. The van der Waals surface area contributed by atoms with E-state index in [9.17, 15) is 4.79 Å². The maximum atomic E-state index is 11.5. The molecule has 0 amide bonds. The van der Waals surface area contributed by atoms with E-state index in [1.165, 1.54) is 17.7 Å². The van der Waals surface area contributed by atoms with E-state index in [1.807, 2.05) is 0 Å². The minimum Gasteiger partial charge on any atom is -0.468 e. The lowest BCUT2D eigenvalue weighted by Gasteiger charge is -2.08. The predicted octanol–water partition coefficient (Wildman–Crippen LogP) is 0.584. The number of methoxy groups -OCH3 is 1. The van der Waals surface area contributed by atoms with Gasteiger partial charge in [0.05, 0.1) is 7.11 Å². The minimum absolute atomic E-state index is 0.135. The third kappa shape index (κ3) is 2.13. The molecule has 0 saturated heterocycles. The van der Waals surface area contributed by atoms with E-state index >= 15 is 0 Å². The second-order valence-corrected chi connectivity index (χ2v) is 2.83. The summed E-state index contributed by atoms with van der Waals surface area (Å²) in [5, 5.41) is 0. The van der Waals surface area contributed by atoms with Crippen molar-refractivity contribution >= 4 is 0 Å². The number of rotatable bonds is 3. The van der Waals surface area contributed by atoms with Gasteiger partial charge in [-0.15, -0.1) is 12.3 Å². The summed E-state index contributed by atoms with van der Waals surface area (Å²) in [6.45, 7) is 2.18. The predicted molar refractivity (Wildman–Crippen MR) is 53.2 cm³/mol. The van der Waals surface area contributed by atoms with Crippen molar-refractivity contribution < 1.29 is 4.74 Å². The van der Waals surface area contributed by atoms with Gasteiger partial charge >= 0.3 is 0 Å². The van der Waals surface area contributed by atoms with Gasteiger partial charge in [0.25, 0.3) is 11.6 Å². The zero-order chi connectivity index (χ0) is 10.6. The molecule has 0 N–H and O–H groups in total. The molecular formula is C10H12N2O2. The Labute approximate surface area is 82.5 Å².